The molecule has 0 heterocycles. The van der Waals surface area contributed by atoms with Crippen LogP contribution in [0.3, 0.4) is 0 Å². The van der Waals surface area contributed by atoms with E-state index in [1.807, 2.05) is 36.2 Å². The zero-order chi connectivity index (χ0) is 13.8. The normalized spacial score (nSPS) is 10.3. The van der Waals surface area contributed by atoms with Crippen molar-refractivity contribution in [3.63, 3.8) is 0 Å². The fourth-order valence-corrected chi connectivity index (χ4v) is 2.01. The summed E-state index contributed by atoms with van der Waals surface area (Å²) >= 11 is 0. The average Bonchev–Trinajstić information content (AvgIpc) is 2.43. The van der Waals surface area contributed by atoms with E-state index in [9.17, 15) is 4.39 Å². The Kier molecular flexibility index (Phi) is 3.90. The molecule has 0 atom stereocenters. The minimum absolute atomic E-state index is 0.172. The molecule has 0 aliphatic rings. The monoisotopic (exact) mass is 260 g/mol. The van der Waals surface area contributed by atoms with Gasteiger partial charge in [0.2, 0.25) is 0 Å². The second-order valence-electron chi connectivity index (χ2n) is 4.35. The minimum Gasteiger partial charge on any atom is -0.495 e. The Morgan fingerprint density at radius 3 is 2.63 bits per heavy atom. The number of rotatable bonds is 4. The maximum absolute atomic E-state index is 13.9. The van der Waals surface area contributed by atoms with Gasteiger partial charge in [0.15, 0.2) is 5.82 Å². The van der Waals surface area contributed by atoms with Crippen molar-refractivity contribution in [2.24, 2.45) is 0 Å². The zero-order valence-electron chi connectivity index (χ0n) is 11.1. The third-order valence-electron chi connectivity index (χ3n) is 3.01. The first kappa shape index (κ1) is 13.2. The van der Waals surface area contributed by atoms with E-state index >= 15 is 0 Å². The molecule has 100 valence electrons. The van der Waals surface area contributed by atoms with Gasteiger partial charge in [-0.05, 0) is 18.2 Å². The molecule has 19 heavy (non-hydrogen) atoms. The molecule has 4 heteroatoms. The van der Waals surface area contributed by atoms with Crippen LogP contribution in [0.5, 0.6) is 5.75 Å². The standard InChI is InChI=1S/C15H17FN2O/c1-18(13-8-3-4-9-14(13)19-2)10-11-6-5-7-12(17)15(11)16/h3-9H,10,17H2,1-2H3. The van der Waals surface area contributed by atoms with Gasteiger partial charge < -0.3 is 15.4 Å². The number of nitrogens with two attached hydrogens (primary N) is 1. The van der Waals surface area contributed by atoms with Crippen molar-refractivity contribution in [3.05, 3.63) is 53.8 Å². The van der Waals surface area contributed by atoms with Gasteiger partial charge in [-0.2, -0.15) is 0 Å². The molecule has 2 aromatic carbocycles. The first-order chi connectivity index (χ1) is 9.13. The second-order valence-corrected chi connectivity index (χ2v) is 4.35. The molecule has 0 saturated carbocycles. The molecular weight excluding hydrogens is 243 g/mol. The summed E-state index contributed by atoms with van der Waals surface area (Å²) < 4.78 is 19.2. The highest BCUT2D eigenvalue weighted by Crippen LogP contribution is 2.28. The Morgan fingerprint density at radius 2 is 1.89 bits per heavy atom. The van der Waals surface area contributed by atoms with Gasteiger partial charge in [0.1, 0.15) is 5.75 Å². The van der Waals surface area contributed by atoms with Crippen LogP contribution in [0.2, 0.25) is 0 Å². The predicted octanol–water partition coefficient (Wildman–Crippen LogP) is 3.05. The number of benzene rings is 2. The van der Waals surface area contributed by atoms with E-state index in [1.165, 1.54) is 0 Å². The van der Waals surface area contributed by atoms with Gasteiger partial charge >= 0.3 is 0 Å². The Morgan fingerprint density at radius 1 is 1.16 bits per heavy atom. The van der Waals surface area contributed by atoms with Crippen molar-refractivity contribution in [2.45, 2.75) is 6.54 Å². The van der Waals surface area contributed by atoms with Crippen molar-refractivity contribution in [1.29, 1.82) is 0 Å². The largest absolute Gasteiger partial charge is 0.495 e. The number of nitrogen functional groups attached to an aromatic ring is 1. The summed E-state index contributed by atoms with van der Waals surface area (Å²) in [6.45, 7) is 0.428. The number of methoxy groups -OCH3 is 1. The van der Waals surface area contributed by atoms with Crippen molar-refractivity contribution in [3.8, 4) is 5.75 Å². The van der Waals surface area contributed by atoms with Crippen LogP contribution >= 0.6 is 0 Å². The summed E-state index contributed by atoms with van der Waals surface area (Å²) in [4.78, 5) is 1.93. The molecule has 3 nitrogen and oxygen atoms in total. The Balaban J connectivity index is 2.26. The number of para-hydroxylation sites is 2. The lowest BCUT2D eigenvalue weighted by molar-refractivity contribution is 0.414. The number of ether oxygens (including phenoxy) is 1. The topological polar surface area (TPSA) is 38.5 Å². The molecule has 0 aliphatic heterocycles. The Bertz CT molecular complexity index is 572. The van der Waals surface area contributed by atoms with E-state index in [0.29, 0.717) is 12.1 Å². The Labute approximate surface area is 112 Å². The average molecular weight is 260 g/mol. The van der Waals surface area contributed by atoms with Crippen molar-refractivity contribution < 1.29 is 9.13 Å². The number of hydrogen-bond donors (Lipinski definition) is 1. The van der Waals surface area contributed by atoms with E-state index < -0.39 is 0 Å². The molecular formula is C15H17FN2O. The quantitative estimate of drug-likeness (QED) is 0.859. The van der Waals surface area contributed by atoms with Gasteiger partial charge in [-0.1, -0.05) is 24.3 Å². The summed E-state index contributed by atoms with van der Waals surface area (Å²) in [6, 6.07) is 12.7. The SMILES string of the molecule is COc1ccccc1N(C)Cc1cccc(N)c1F. The molecule has 0 fully saturated rings. The fourth-order valence-electron chi connectivity index (χ4n) is 2.01. The number of hydrogen-bond acceptors (Lipinski definition) is 3. The summed E-state index contributed by atoms with van der Waals surface area (Å²) in [6.07, 6.45) is 0. The van der Waals surface area contributed by atoms with Crippen LogP contribution in [-0.4, -0.2) is 14.2 Å². The molecule has 0 amide bonds. The number of halogens is 1. The van der Waals surface area contributed by atoms with Gasteiger partial charge in [-0.3, -0.25) is 0 Å². The van der Waals surface area contributed by atoms with Crippen LogP contribution < -0.4 is 15.4 Å². The molecule has 2 N–H and O–H groups in total. The van der Waals surface area contributed by atoms with E-state index in [-0.39, 0.29) is 11.5 Å². The second kappa shape index (κ2) is 5.61. The van der Waals surface area contributed by atoms with E-state index in [0.717, 1.165) is 11.4 Å². The van der Waals surface area contributed by atoms with Gasteiger partial charge in [0.25, 0.3) is 0 Å². The van der Waals surface area contributed by atoms with Crippen LogP contribution in [0.15, 0.2) is 42.5 Å². The lowest BCUT2D eigenvalue weighted by Crippen LogP contribution is -2.18. The maximum atomic E-state index is 13.9. The van der Waals surface area contributed by atoms with Gasteiger partial charge in [0.05, 0.1) is 18.5 Å². The lowest BCUT2D eigenvalue weighted by atomic mass is 10.1. The third-order valence-corrected chi connectivity index (χ3v) is 3.01. The molecule has 0 aliphatic carbocycles. The molecule has 0 aromatic heterocycles. The molecule has 0 saturated heterocycles. The highest BCUT2D eigenvalue weighted by molar-refractivity contribution is 5.58. The molecule has 0 bridgehead atoms. The van der Waals surface area contributed by atoms with Crippen LogP contribution in [-0.2, 0) is 6.54 Å². The van der Waals surface area contributed by atoms with Crippen LogP contribution in [0.4, 0.5) is 15.8 Å². The maximum Gasteiger partial charge on any atom is 0.151 e. The minimum atomic E-state index is -0.357. The van der Waals surface area contributed by atoms with Gasteiger partial charge in [0, 0.05) is 19.2 Å². The first-order valence-electron chi connectivity index (χ1n) is 6.00. The van der Waals surface area contributed by atoms with Crippen molar-refractivity contribution >= 4 is 11.4 Å². The highest BCUT2D eigenvalue weighted by Gasteiger charge is 2.11. The summed E-state index contributed by atoms with van der Waals surface area (Å²) in [5, 5.41) is 0. The van der Waals surface area contributed by atoms with Crippen molar-refractivity contribution in [2.75, 3.05) is 24.8 Å². The number of nitrogens with zero attached hydrogens (tertiary/aromatic N) is 1. The summed E-state index contributed by atoms with van der Waals surface area (Å²) in [7, 11) is 3.51. The lowest BCUT2D eigenvalue weighted by Gasteiger charge is -2.22. The molecule has 0 unspecified atom stereocenters. The van der Waals surface area contributed by atoms with Crippen molar-refractivity contribution in [1.82, 2.24) is 0 Å². The number of anilines is 2. The molecule has 2 aromatic rings. The highest BCUT2D eigenvalue weighted by atomic mass is 19.1. The summed E-state index contributed by atoms with van der Waals surface area (Å²) in [5.74, 6) is 0.401. The van der Waals surface area contributed by atoms with E-state index in [4.69, 9.17) is 10.5 Å². The van der Waals surface area contributed by atoms with E-state index in [1.54, 1.807) is 25.3 Å². The molecule has 0 spiro atoms. The van der Waals surface area contributed by atoms with Crippen LogP contribution in [0.1, 0.15) is 5.56 Å². The zero-order valence-corrected chi connectivity index (χ0v) is 11.1. The Hall–Kier alpha value is -2.23. The van der Waals surface area contributed by atoms with Crippen LogP contribution in [0, 0.1) is 5.82 Å². The van der Waals surface area contributed by atoms with Gasteiger partial charge in [-0.15, -0.1) is 0 Å². The third kappa shape index (κ3) is 2.78. The summed E-state index contributed by atoms with van der Waals surface area (Å²) in [5.41, 5.74) is 7.22. The van der Waals surface area contributed by atoms with Gasteiger partial charge in [-0.25, -0.2) is 4.39 Å². The molecule has 0 radical (unpaired) electrons. The van der Waals surface area contributed by atoms with E-state index in [2.05, 4.69) is 0 Å². The first-order valence-corrected chi connectivity index (χ1v) is 6.00. The smallest absolute Gasteiger partial charge is 0.151 e. The van der Waals surface area contributed by atoms with Crippen LogP contribution in [0.25, 0.3) is 0 Å². The predicted molar refractivity (Wildman–Crippen MR) is 75.9 cm³/mol. The fraction of sp³-hybridized carbons (Fsp3) is 0.200. The molecule has 2 rings (SSSR count).